The van der Waals surface area contributed by atoms with E-state index < -0.39 is 0 Å². The van der Waals surface area contributed by atoms with Crippen molar-refractivity contribution < 1.29 is 0 Å². The lowest BCUT2D eigenvalue weighted by Crippen LogP contribution is -2.21. The monoisotopic (exact) mass is 269 g/mol. The largest absolute Gasteiger partial charge is 0.368 e. The molecule has 0 unspecified atom stereocenters. The molecule has 1 aromatic carbocycles. The van der Waals surface area contributed by atoms with Crippen molar-refractivity contribution in [2.75, 3.05) is 23.7 Å². The molecule has 20 heavy (non-hydrogen) atoms. The standard InChI is InChI=1S/C15H19N5/c1-10-7-11(2)9-12(8-10)13-17-14(16)19-15(18-13)20-5-3-4-6-20/h7-9H,3-6H2,1-2H3,(H2,16,17,18,19). The highest BCUT2D eigenvalue weighted by Crippen LogP contribution is 2.23. The SMILES string of the molecule is Cc1cc(C)cc(-c2nc(N)nc(N3CCCC3)n2)c1. The van der Waals surface area contributed by atoms with E-state index in [0.717, 1.165) is 18.7 Å². The number of rotatable bonds is 2. The van der Waals surface area contributed by atoms with Gasteiger partial charge in [-0.2, -0.15) is 15.0 Å². The molecule has 1 aromatic heterocycles. The molecule has 0 atom stereocenters. The topological polar surface area (TPSA) is 67.9 Å². The van der Waals surface area contributed by atoms with Crippen LogP contribution in [0.5, 0.6) is 0 Å². The van der Waals surface area contributed by atoms with Crippen molar-refractivity contribution in [3.05, 3.63) is 29.3 Å². The van der Waals surface area contributed by atoms with Gasteiger partial charge in [0.05, 0.1) is 0 Å². The zero-order valence-electron chi connectivity index (χ0n) is 11.9. The first kappa shape index (κ1) is 12.8. The van der Waals surface area contributed by atoms with Gasteiger partial charge in [0.25, 0.3) is 0 Å². The Labute approximate surface area is 118 Å². The summed E-state index contributed by atoms with van der Waals surface area (Å²) in [4.78, 5) is 15.3. The summed E-state index contributed by atoms with van der Waals surface area (Å²) in [5.74, 6) is 1.64. The lowest BCUT2D eigenvalue weighted by Gasteiger charge is -2.16. The molecular weight excluding hydrogens is 250 g/mol. The minimum absolute atomic E-state index is 0.288. The Hall–Kier alpha value is -2.17. The molecule has 1 saturated heterocycles. The van der Waals surface area contributed by atoms with Crippen LogP contribution in [-0.2, 0) is 0 Å². The summed E-state index contributed by atoms with van der Waals surface area (Å²) in [5.41, 5.74) is 9.24. The lowest BCUT2D eigenvalue weighted by atomic mass is 10.1. The Bertz CT molecular complexity index is 612. The van der Waals surface area contributed by atoms with Crippen LogP contribution in [-0.4, -0.2) is 28.0 Å². The average Bonchev–Trinajstić information content (AvgIpc) is 2.90. The third-order valence-electron chi connectivity index (χ3n) is 3.51. The molecule has 0 amide bonds. The average molecular weight is 269 g/mol. The van der Waals surface area contributed by atoms with Gasteiger partial charge >= 0.3 is 0 Å². The summed E-state index contributed by atoms with van der Waals surface area (Å²) in [6, 6.07) is 6.29. The highest BCUT2D eigenvalue weighted by atomic mass is 15.3. The van der Waals surface area contributed by atoms with E-state index in [2.05, 4.69) is 51.9 Å². The van der Waals surface area contributed by atoms with E-state index in [1.807, 2.05) is 0 Å². The molecule has 5 heteroatoms. The van der Waals surface area contributed by atoms with Crippen LogP contribution in [0.2, 0.25) is 0 Å². The number of anilines is 2. The van der Waals surface area contributed by atoms with Gasteiger partial charge in [-0.3, -0.25) is 0 Å². The van der Waals surface area contributed by atoms with Crippen molar-refractivity contribution in [3.63, 3.8) is 0 Å². The van der Waals surface area contributed by atoms with Gasteiger partial charge < -0.3 is 10.6 Å². The van der Waals surface area contributed by atoms with E-state index in [1.165, 1.54) is 24.0 Å². The summed E-state index contributed by atoms with van der Waals surface area (Å²) in [6.45, 7) is 6.14. The van der Waals surface area contributed by atoms with Gasteiger partial charge in [0, 0.05) is 18.7 Å². The number of aromatic nitrogens is 3. The Morgan fingerprint density at radius 3 is 2.25 bits per heavy atom. The second-order valence-electron chi connectivity index (χ2n) is 5.39. The van der Waals surface area contributed by atoms with Crippen LogP contribution < -0.4 is 10.6 Å². The highest BCUT2D eigenvalue weighted by molar-refractivity contribution is 5.60. The number of nitrogens with zero attached hydrogens (tertiary/aromatic N) is 4. The first-order valence-electron chi connectivity index (χ1n) is 6.97. The maximum absolute atomic E-state index is 5.85. The Morgan fingerprint density at radius 1 is 0.950 bits per heavy atom. The van der Waals surface area contributed by atoms with Crippen LogP contribution in [0.25, 0.3) is 11.4 Å². The Balaban J connectivity index is 2.04. The van der Waals surface area contributed by atoms with Gasteiger partial charge in [0.1, 0.15) is 0 Å². The molecule has 0 bridgehead atoms. The first-order chi connectivity index (χ1) is 9.61. The maximum atomic E-state index is 5.85. The van der Waals surface area contributed by atoms with Crippen molar-refractivity contribution in [1.29, 1.82) is 0 Å². The molecule has 1 fully saturated rings. The maximum Gasteiger partial charge on any atom is 0.230 e. The molecule has 0 saturated carbocycles. The van der Waals surface area contributed by atoms with Crippen molar-refractivity contribution in [3.8, 4) is 11.4 Å². The number of hydrogen-bond donors (Lipinski definition) is 1. The fourth-order valence-electron chi connectivity index (χ4n) is 2.67. The first-order valence-corrected chi connectivity index (χ1v) is 6.97. The molecule has 3 rings (SSSR count). The second-order valence-corrected chi connectivity index (χ2v) is 5.39. The molecule has 5 nitrogen and oxygen atoms in total. The second kappa shape index (κ2) is 5.07. The van der Waals surface area contributed by atoms with E-state index >= 15 is 0 Å². The van der Waals surface area contributed by atoms with Crippen LogP contribution in [0, 0.1) is 13.8 Å². The minimum atomic E-state index is 0.288. The normalized spacial score (nSPS) is 14.8. The van der Waals surface area contributed by atoms with E-state index in [9.17, 15) is 0 Å². The van der Waals surface area contributed by atoms with Gasteiger partial charge in [0.15, 0.2) is 5.82 Å². The third kappa shape index (κ3) is 2.57. The van der Waals surface area contributed by atoms with E-state index in [4.69, 9.17) is 5.73 Å². The van der Waals surface area contributed by atoms with Crippen molar-refractivity contribution in [2.24, 2.45) is 0 Å². The van der Waals surface area contributed by atoms with E-state index in [1.54, 1.807) is 0 Å². The van der Waals surface area contributed by atoms with Gasteiger partial charge in [-0.25, -0.2) is 0 Å². The number of aryl methyl sites for hydroxylation is 2. The number of nitrogen functional groups attached to an aromatic ring is 1. The molecule has 2 heterocycles. The van der Waals surface area contributed by atoms with Crippen LogP contribution >= 0.6 is 0 Å². The zero-order chi connectivity index (χ0) is 14.1. The summed E-state index contributed by atoms with van der Waals surface area (Å²) >= 11 is 0. The van der Waals surface area contributed by atoms with Crippen LogP contribution in [0.4, 0.5) is 11.9 Å². The summed E-state index contributed by atoms with van der Waals surface area (Å²) < 4.78 is 0. The summed E-state index contributed by atoms with van der Waals surface area (Å²) in [6.07, 6.45) is 2.37. The van der Waals surface area contributed by atoms with Crippen molar-refractivity contribution >= 4 is 11.9 Å². The molecule has 1 aliphatic rings. The molecule has 2 N–H and O–H groups in total. The minimum Gasteiger partial charge on any atom is -0.368 e. The lowest BCUT2D eigenvalue weighted by molar-refractivity contribution is 0.887. The smallest absolute Gasteiger partial charge is 0.230 e. The molecule has 0 aliphatic carbocycles. The van der Waals surface area contributed by atoms with Crippen LogP contribution in [0.3, 0.4) is 0 Å². The van der Waals surface area contributed by atoms with Crippen LogP contribution in [0.1, 0.15) is 24.0 Å². The van der Waals surface area contributed by atoms with E-state index in [0.29, 0.717) is 11.8 Å². The summed E-state index contributed by atoms with van der Waals surface area (Å²) in [7, 11) is 0. The van der Waals surface area contributed by atoms with Gasteiger partial charge in [-0.1, -0.05) is 17.2 Å². The molecule has 0 radical (unpaired) electrons. The molecular formula is C15H19N5. The molecule has 1 aliphatic heterocycles. The quantitative estimate of drug-likeness (QED) is 0.906. The van der Waals surface area contributed by atoms with E-state index in [-0.39, 0.29) is 5.95 Å². The Morgan fingerprint density at radius 2 is 1.60 bits per heavy atom. The van der Waals surface area contributed by atoms with Crippen molar-refractivity contribution in [2.45, 2.75) is 26.7 Å². The van der Waals surface area contributed by atoms with Gasteiger partial charge in [-0.15, -0.1) is 0 Å². The summed E-state index contributed by atoms with van der Waals surface area (Å²) in [5, 5.41) is 0. The van der Waals surface area contributed by atoms with Crippen LogP contribution in [0.15, 0.2) is 18.2 Å². The highest BCUT2D eigenvalue weighted by Gasteiger charge is 2.17. The molecule has 104 valence electrons. The predicted octanol–water partition coefficient (Wildman–Crippen LogP) is 2.34. The van der Waals surface area contributed by atoms with Crippen molar-refractivity contribution in [1.82, 2.24) is 15.0 Å². The third-order valence-corrected chi connectivity index (χ3v) is 3.51. The van der Waals surface area contributed by atoms with Gasteiger partial charge in [-0.05, 0) is 38.8 Å². The number of hydrogen-bond acceptors (Lipinski definition) is 5. The molecule has 2 aromatic rings. The predicted molar refractivity (Wildman–Crippen MR) is 80.6 cm³/mol. The fourth-order valence-corrected chi connectivity index (χ4v) is 2.67. The zero-order valence-corrected chi connectivity index (χ0v) is 11.9. The molecule has 0 spiro atoms. The number of nitrogens with two attached hydrogens (primary N) is 1. The fraction of sp³-hybridized carbons (Fsp3) is 0.400. The van der Waals surface area contributed by atoms with Gasteiger partial charge in [0.2, 0.25) is 11.9 Å². The number of benzene rings is 1. The Kier molecular flexibility index (Phi) is 3.26.